The summed E-state index contributed by atoms with van der Waals surface area (Å²) < 4.78 is 0. The van der Waals surface area contributed by atoms with Crippen molar-refractivity contribution in [2.24, 2.45) is 17.4 Å². The lowest BCUT2D eigenvalue weighted by Crippen LogP contribution is -2.40. The molecule has 0 aromatic rings. The van der Waals surface area contributed by atoms with E-state index in [2.05, 4.69) is 12.2 Å². The van der Waals surface area contributed by atoms with Gasteiger partial charge in [0.2, 0.25) is 5.91 Å². The van der Waals surface area contributed by atoms with E-state index >= 15 is 0 Å². The van der Waals surface area contributed by atoms with Crippen molar-refractivity contribution < 1.29 is 4.79 Å². The quantitative estimate of drug-likeness (QED) is 0.648. The fraction of sp³-hybridized carbons (Fsp3) is 0.917. The van der Waals surface area contributed by atoms with E-state index in [1.54, 1.807) is 0 Å². The molecule has 4 heteroatoms. The van der Waals surface area contributed by atoms with Crippen molar-refractivity contribution in [2.45, 2.75) is 57.5 Å². The van der Waals surface area contributed by atoms with E-state index in [1.165, 1.54) is 0 Å². The van der Waals surface area contributed by atoms with E-state index in [0.717, 1.165) is 32.1 Å². The van der Waals surface area contributed by atoms with Gasteiger partial charge >= 0.3 is 0 Å². The molecule has 0 heterocycles. The summed E-state index contributed by atoms with van der Waals surface area (Å²) in [6, 6.07) is 0.686. The second kappa shape index (κ2) is 6.86. The molecule has 4 nitrogen and oxygen atoms in total. The molecule has 0 aliphatic heterocycles. The number of amides is 1. The molecule has 1 atom stereocenters. The highest BCUT2D eigenvalue weighted by Crippen LogP contribution is 2.17. The Kier molecular flexibility index (Phi) is 5.77. The Bertz CT molecular complexity index is 212. The standard InChI is InChI=1S/C12H25N3O/c1-9(8-13)2-7-12(16)15-11-5-3-10(14)4-6-11/h9-11H,2-8,13-14H2,1H3,(H,15,16). The Balaban J connectivity index is 2.14. The maximum atomic E-state index is 11.6. The highest BCUT2D eigenvalue weighted by atomic mass is 16.1. The molecular weight excluding hydrogens is 202 g/mol. The minimum absolute atomic E-state index is 0.167. The molecule has 1 unspecified atom stereocenters. The van der Waals surface area contributed by atoms with Gasteiger partial charge in [-0.15, -0.1) is 0 Å². The van der Waals surface area contributed by atoms with Crippen LogP contribution in [-0.4, -0.2) is 24.5 Å². The minimum Gasteiger partial charge on any atom is -0.353 e. The molecule has 1 rings (SSSR count). The Morgan fingerprint density at radius 1 is 1.38 bits per heavy atom. The first-order valence-corrected chi connectivity index (χ1v) is 6.36. The largest absolute Gasteiger partial charge is 0.353 e. The molecule has 0 spiro atoms. The van der Waals surface area contributed by atoms with Crippen molar-refractivity contribution in [3.05, 3.63) is 0 Å². The number of carbonyl (C=O) groups is 1. The second-order valence-corrected chi connectivity index (χ2v) is 5.06. The number of rotatable bonds is 5. The molecule has 0 aromatic carbocycles. The molecule has 1 saturated carbocycles. The average molecular weight is 227 g/mol. The van der Waals surface area contributed by atoms with Gasteiger partial charge < -0.3 is 16.8 Å². The van der Waals surface area contributed by atoms with Gasteiger partial charge in [0.05, 0.1) is 0 Å². The van der Waals surface area contributed by atoms with Crippen LogP contribution in [0.25, 0.3) is 0 Å². The van der Waals surface area contributed by atoms with Crippen molar-refractivity contribution in [1.29, 1.82) is 0 Å². The van der Waals surface area contributed by atoms with Crippen LogP contribution < -0.4 is 16.8 Å². The predicted octanol–water partition coefficient (Wildman–Crippen LogP) is 0.748. The number of hydrogen-bond donors (Lipinski definition) is 3. The molecular formula is C12H25N3O. The molecule has 0 aromatic heterocycles. The lowest BCUT2D eigenvalue weighted by Gasteiger charge is -2.26. The van der Waals surface area contributed by atoms with E-state index in [-0.39, 0.29) is 5.91 Å². The topological polar surface area (TPSA) is 81.1 Å². The molecule has 1 amide bonds. The first kappa shape index (κ1) is 13.5. The maximum absolute atomic E-state index is 11.6. The summed E-state index contributed by atoms with van der Waals surface area (Å²) in [4.78, 5) is 11.6. The Labute approximate surface area is 98.1 Å². The van der Waals surface area contributed by atoms with Crippen molar-refractivity contribution in [1.82, 2.24) is 5.32 Å². The van der Waals surface area contributed by atoms with Gasteiger partial charge in [-0.25, -0.2) is 0 Å². The molecule has 0 radical (unpaired) electrons. The zero-order valence-electron chi connectivity index (χ0n) is 10.2. The van der Waals surface area contributed by atoms with E-state index in [1.807, 2.05) is 0 Å². The van der Waals surface area contributed by atoms with Crippen LogP contribution in [0.1, 0.15) is 45.4 Å². The molecule has 1 aliphatic carbocycles. The molecule has 5 N–H and O–H groups in total. The normalized spacial score (nSPS) is 27.4. The lowest BCUT2D eigenvalue weighted by molar-refractivity contribution is -0.122. The van der Waals surface area contributed by atoms with Gasteiger partial charge in [-0.2, -0.15) is 0 Å². The third-order valence-electron chi connectivity index (χ3n) is 3.40. The van der Waals surface area contributed by atoms with Crippen LogP contribution in [0, 0.1) is 5.92 Å². The fourth-order valence-electron chi connectivity index (χ4n) is 2.06. The van der Waals surface area contributed by atoms with Crippen LogP contribution in [0.3, 0.4) is 0 Å². The van der Waals surface area contributed by atoms with Crippen LogP contribution in [0.5, 0.6) is 0 Å². The van der Waals surface area contributed by atoms with Crippen molar-refractivity contribution in [3.8, 4) is 0 Å². The van der Waals surface area contributed by atoms with Crippen LogP contribution in [-0.2, 0) is 4.79 Å². The highest BCUT2D eigenvalue weighted by Gasteiger charge is 2.19. The predicted molar refractivity (Wildman–Crippen MR) is 65.8 cm³/mol. The summed E-state index contributed by atoms with van der Waals surface area (Å²) in [6.45, 7) is 2.73. The Hall–Kier alpha value is -0.610. The van der Waals surface area contributed by atoms with E-state index < -0.39 is 0 Å². The van der Waals surface area contributed by atoms with E-state index in [9.17, 15) is 4.79 Å². The van der Waals surface area contributed by atoms with E-state index in [0.29, 0.717) is 31.0 Å². The number of nitrogens with two attached hydrogens (primary N) is 2. The van der Waals surface area contributed by atoms with Gasteiger partial charge in [0.15, 0.2) is 0 Å². The number of hydrogen-bond acceptors (Lipinski definition) is 3. The summed E-state index contributed by atoms with van der Waals surface area (Å²) in [6.07, 6.45) is 5.60. The minimum atomic E-state index is 0.167. The van der Waals surface area contributed by atoms with Crippen molar-refractivity contribution in [3.63, 3.8) is 0 Å². The molecule has 16 heavy (non-hydrogen) atoms. The third kappa shape index (κ3) is 4.94. The van der Waals surface area contributed by atoms with Crippen LogP contribution >= 0.6 is 0 Å². The fourth-order valence-corrected chi connectivity index (χ4v) is 2.06. The average Bonchev–Trinajstić information content (AvgIpc) is 2.29. The molecule has 1 aliphatic rings. The van der Waals surface area contributed by atoms with E-state index in [4.69, 9.17) is 11.5 Å². The van der Waals surface area contributed by atoms with Gasteiger partial charge in [0.1, 0.15) is 0 Å². The highest BCUT2D eigenvalue weighted by molar-refractivity contribution is 5.76. The maximum Gasteiger partial charge on any atom is 0.220 e. The Morgan fingerprint density at radius 2 is 2.00 bits per heavy atom. The lowest BCUT2D eigenvalue weighted by atomic mass is 9.91. The van der Waals surface area contributed by atoms with Gasteiger partial charge in [-0.3, -0.25) is 4.79 Å². The Morgan fingerprint density at radius 3 is 2.56 bits per heavy atom. The summed E-state index contributed by atoms with van der Waals surface area (Å²) >= 11 is 0. The molecule has 0 bridgehead atoms. The van der Waals surface area contributed by atoms with Gasteiger partial charge in [0.25, 0.3) is 0 Å². The van der Waals surface area contributed by atoms with Gasteiger partial charge in [-0.1, -0.05) is 6.92 Å². The zero-order chi connectivity index (χ0) is 12.0. The number of nitrogens with one attached hydrogen (secondary N) is 1. The van der Waals surface area contributed by atoms with Crippen molar-refractivity contribution in [2.75, 3.05) is 6.54 Å². The third-order valence-corrected chi connectivity index (χ3v) is 3.40. The smallest absolute Gasteiger partial charge is 0.220 e. The molecule has 94 valence electrons. The summed E-state index contributed by atoms with van der Waals surface area (Å²) in [5, 5.41) is 3.08. The summed E-state index contributed by atoms with van der Waals surface area (Å²) in [7, 11) is 0. The summed E-state index contributed by atoms with van der Waals surface area (Å²) in [5.74, 6) is 0.603. The monoisotopic (exact) mass is 227 g/mol. The summed E-state index contributed by atoms with van der Waals surface area (Å²) in [5.41, 5.74) is 11.3. The zero-order valence-corrected chi connectivity index (χ0v) is 10.2. The first-order chi connectivity index (χ1) is 7.61. The van der Waals surface area contributed by atoms with Crippen LogP contribution in [0.15, 0.2) is 0 Å². The molecule has 1 fully saturated rings. The van der Waals surface area contributed by atoms with Gasteiger partial charge in [0, 0.05) is 18.5 Å². The SMILES string of the molecule is CC(CN)CCC(=O)NC1CCC(N)CC1. The van der Waals surface area contributed by atoms with Crippen LogP contribution in [0.4, 0.5) is 0 Å². The van der Waals surface area contributed by atoms with Crippen LogP contribution in [0.2, 0.25) is 0 Å². The first-order valence-electron chi connectivity index (χ1n) is 6.36. The molecule has 0 saturated heterocycles. The second-order valence-electron chi connectivity index (χ2n) is 5.06. The van der Waals surface area contributed by atoms with Crippen molar-refractivity contribution >= 4 is 5.91 Å². The number of carbonyl (C=O) groups excluding carboxylic acids is 1. The van der Waals surface area contributed by atoms with Gasteiger partial charge in [-0.05, 0) is 44.6 Å².